The van der Waals surface area contributed by atoms with Gasteiger partial charge in [0, 0.05) is 12.7 Å². The smallest absolute Gasteiger partial charge is 0.0518 e. The molecule has 2 rings (SSSR count). The van der Waals surface area contributed by atoms with E-state index in [1.807, 2.05) is 24.7 Å². The molecule has 1 fully saturated rings. The molecule has 1 aromatic rings. The van der Waals surface area contributed by atoms with E-state index in [2.05, 4.69) is 18.2 Å². The highest BCUT2D eigenvalue weighted by molar-refractivity contribution is 4.99. The lowest BCUT2D eigenvalue weighted by Gasteiger charge is -1.95. The molecular weight excluding hydrogens is 148 g/mol. The Morgan fingerprint density at radius 2 is 2.17 bits per heavy atom. The first-order valence-electron chi connectivity index (χ1n) is 4.83. The summed E-state index contributed by atoms with van der Waals surface area (Å²) in [4.78, 5) is 0. The maximum absolute atomic E-state index is 4.21. The molecule has 0 radical (unpaired) electrons. The van der Waals surface area contributed by atoms with Gasteiger partial charge in [-0.25, -0.2) is 0 Å². The molecule has 0 atom stereocenters. The zero-order chi connectivity index (χ0) is 8.97. The van der Waals surface area contributed by atoms with Crippen molar-refractivity contribution in [1.29, 1.82) is 0 Å². The third-order valence-electron chi connectivity index (χ3n) is 1.90. The van der Waals surface area contributed by atoms with Gasteiger partial charge in [0.25, 0.3) is 0 Å². The Labute approximate surface area is 74.6 Å². The normalized spacial score (nSPS) is 15.2. The molecule has 0 saturated heterocycles. The minimum atomic E-state index is 0.930. The summed E-state index contributed by atoms with van der Waals surface area (Å²) in [5.41, 5.74) is 1.26. The van der Waals surface area contributed by atoms with Gasteiger partial charge < -0.3 is 0 Å². The molecule has 0 aromatic carbocycles. The summed E-state index contributed by atoms with van der Waals surface area (Å²) in [6.45, 7) is 7.21. The maximum Gasteiger partial charge on any atom is 0.0518 e. The van der Waals surface area contributed by atoms with Crippen molar-refractivity contribution in [3.05, 3.63) is 18.0 Å². The lowest BCUT2D eigenvalue weighted by atomic mass is 10.4. The summed E-state index contributed by atoms with van der Waals surface area (Å²) in [5, 5.41) is 4.21. The Kier molecular flexibility index (Phi) is 3.32. The second-order valence-corrected chi connectivity index (χ2v) is 3.18. The minimum absolute atomic E-state index is 0.930. The first-order valence-corrected chi connectivity index (χ1v) is 4.83. The van der Waals surface area contributed by atoms with Gasteiger partial charge in [0.15, 0.2) is 0 Å². The van der Waals surface area contributed by atoms with Crippen LogP contribution in [0.2, 0.25) is 0 Å². The van der Waals surface area contributed by atoms with E-state index in [4.69, 9.17) is 0 Å². The van der Waals surface area contributed by atoms with Gasteiger partial charge in [-0.1, -0.05) is 13.8 Å². The molecule has 12 heavy (non-hydrogen) atoms. The summed E-state index contributed by atoms with van der Waals surface area (Å²) in [7, 11) is 0. The molecule has 0 N–H and O–H groups in total. The zero-order valence-corrected chi connectivity index (χ0v) is 8.25. The van der Waals surface area contributed by atoms with Gasteiger partial charge in [0.1, 0.15) is 0 Å². The molecule has 1 saturated carbocycles. The summed E-state index contributed by atoms with van der Waals surface area (Å²) in [6, 6.07) is 0. The first kappa shape index (κ1) is 9.30. The van der Waals surface area contributed by atoms with E-state index in [1.165, 1.54) is 18.4 Å². The van der Waals surface area contributed by atoms with E-state index < -0.39 is 0 Å². The molecule has 2 nitrogen and oxygen atoms in total. The second-order valence-electron chi connectivity index (χ2n) is 3.18. The van der Waals surface area contributed by atoms with Crippen molar-refractivity contribution >= 4 is 0 Å². The number of aromatic nitrogens is 2. The van der Waals surface area contributed by atoms with Gasteiger partial charge in [-0.2, -0.15) is 5.10 Å². The molecule has 68 valence electrons. The van der Waals surface area contributed by atoms with Gasteiger partial charge in [-0.15, -0.1) is 0 Å². The molecule has 0 unspecified atom stereocenters. The van der Waals surface area contributed by atoms with Gasteiger partial charge >= 0.3 is 0 Å². The number of rotatable bonds is 2. The van der Waals surface area contributed by atoms with E-state index in [0.717, 1.165) is 12.5 Å². The Balaban J connectivity index is 0.000000336. The standard InChI is InChI=1S/C8H12N2.C2H6/c1-7-4-9-10(5-7)6-8-2-3-8;1-2/h4-5,8H,2-3,6H2,1H3;1-2H3. The van der Waals surface area contributed by atoms with Gasteiger partial charge in [-0.05, 0) is 31.2 Å². The van der Waals surface area contributed by atoms with Crippen LogP contribution in [0.25, 0.3) is 0 Å². The van der Waals surface area contributed by atoms with Crippen LogP contribution in [0.1, 0.15) is 32.3 Å². The lowest BCUT2D eigenvalue weighted by molar-refractivity contribution is 0.563. The van der Waals surface area contributed by atoms with Crippen molar-refractivity contribution in [2.75, 3.05) is 0 Å². The van der Waals surface area contributed by atoms with Crippen molar-refractivity contribution in [3.8, 4) is 0 Å². The van der Waals surface area contributed by atoms with Crippen molar-refractivity contribution in [3.63, 3.8) is 0 Å². The van der Waals surface area contributed by atoms with E-state index in [1.54, 1.807) is 0 Å². The average Bonchev–Trinajstić information content (AvgIpc) is 2.80. The zero-order valence-electron chi connectivity index (χ0n) is 8.25. The maximum atomic E-state index is 4.21. The highest BCUT2D eigenvalue weighted by Gasteiger charge is 2.21. The van der Waals surface area contributed by atoms with Crippen LogP contribution in [-0.2, 0) is 6.54 Å². The van der Waals surface area contributed by atoms with Crippen LogP contribution in [0.15, 0.2) is 12.4 Å². The van der Waals surface area contributed by atoms with Gasteiger partial charge in [0.2, 0.25) is 0 Å². The highest BCUT2D eigenvalue weighted by Crippen LogP contribution is 2.30. The van der Waals surface area contributed by atoms with E-state index in [-0.39, 0.29) is 0 Å². The van der Waals surface area contributed by atoms with Crippen LogP contribution in [0.3, 0.4) is 0 Å². The molecule has 0 aliphatic heterocycles. The molecule has 0 spiro atoms. The molecule has 1 aliphatic carbocycles. The van der Waals surface area contributed by atoms with Gasteiger partial charge in [-0.3, -0.25) is 4.68 Å². The number of aryl methyl sites for hydroxylation is 1. The molecule has 0 amide bonds. The van der Waals surface area contributed by atoms with Crippen LogP contribution < -0.4 is 0 Å². The third-order valence-corrected chi connectivity index (χ3v) is 1.90. The second kappa shape index (κ2) is 4.29. The largest absolute Gasteiger partial charge is 0.272 e. The lowest BCUT2D eigenvalue weighted by Crippen LogP contribution is -1.98. The molecule has 1 aliphatic rings. The van der Waals surface area contributed by atoms with E-state index >= 15 is 0 Å². The first-order chi connectivity index (χ1) is 5.84. The fourth-order valence-electron chi connectivity index (χ4n) is 1.13. The number of nitrogens with zero attached hydrogens (tertiary/aromatic N) is 2. The summed E-state index contributed by atoms with van der Waals surface area (Å²) in [6.07, 6.45) is 6.83. The molecule has 2 heteroatoms. The van der Waals surface area contributed by atoms with Crippen LogP contribution in [0.4, 0.5) is 0 Å². The SMILES string of the molecule is CC.Cc1cnn(CC2CC2)c1. The fourth-order valence-corrected chi connectivity index (χ4v) is 1.13. The Morgan fingerprint density at radius 1 is 1.50 bits per heavy atom. The minimum Gasteiger partial charge on any atom is -0.272 e. The quantitative estimate of drug-likeness (QED) is 0.660. The van der Waals surface area contributed by atoms with Gasteiger partial charge in [0.05, 0.1) is 6.20 Å². The summed E-state index contributed by atoms with van der Waals surface area (Å²) < 4.78 is 2.05. The summed E-state index contributed by atoms with van der Waals surface area (Å²) in [5.74, 6) is 0.930. The van der Waals surface area contributed by atoms with Crippen LogP contribution >= 0.6 is 0 Å². The summed E-state index contributed by atoms with van der Waals surface area (Å²) >= 11 is 0. The van der Waals surface area contributed by atoms with E-state index in [9.17, 15) is 0 Å². The van der Waals surface area contributed by atoms with E-state index in [0.29, 0.717) is 0 Å². The van der Waals surface area contributed by atoms with Crippen molar-refractivity contribution in [2.24, 2.45) is 5.92 Å². The van der Waals surface area contributed by atoms with Crippen LogP contribution in [-0.4, -0.2) is 9.78 Å². The topological polar surface area (TPSA) is 17.8 Å². The van der Waals surface area contributed by atoms with Crippen LogP contribution in [0, 0.1) is 12.8 Å². The number of hydrogen-bond donors (Lipinski definition) is 0. The Bertz CT molecular complexity index is 223. The Morgan fingerprint density at radius 3 is 2.58 bits per heavy atom. The average molecular weight is 166 g/mol. The Hall–Kier alpha value is -0.790. The van der Waals surface area contributed by atoms with Crippen molar-refractivity contribution < 1.29 is 0 Å². The van der Waals surface area contributed by atoms with Crippen LogP contribution in [0.5, 0.6) is 0 Å². The molecule has 0 bridgehead atoms. The monoisotopic (exact) mass is 166 g/mol. The predicted octanol–water partition coefficient (Wildman–Crippen LogP) is 2.63. The third kappa shape index (κ3) is 2.68. The molecule has 1 aromatic heterocycles. The fraction of sp³-hybridized carbons (Fsp3) is 0.700. The highest BCUT2D eigenvalue weighted by atomic mass is 15.3. The molecule has 1 heterocycles. The number of hydrogen-bond acceptors (Lipinski definition) is 1. The van der Waals surface area contributed by atoms with Crippen molar-refractivity contribution in [2.45, 2.75) is 40.2 Å². The predicted molar refractivity (Wildman–Crippen MR) is 51.0 cm³/mol. The molecular formula is C10H18N2. The van der Waals surface area contributed by atoms with Crippen molar-refractivity contribution in [1.82, 2.24) is 9.78 Å².